The molecule has 16 heteroatoms. The van der Waals surface area contributed by atoms with Crippen LogP contribution in [0.3, 0.4) is 0 Å². The Morgan fingerprint density at radius 1 is 1.10 bits per heavy atom. The van der Waals surface area contributed by atoms with Gasteiger partial charge in [0.25, 0.3) is 0 Å². The number of hydrogen-bond donors (Lipinski definition) is 1. The van der Waals surface area contributed by atoms with Gasteiger partial charge in [0.2, 0.25) is 12.4 Å². The summed E-state index contributed by atoms with van der Waals surface area (Å²) in [5.41, 5.74) is -2.61. The minimum absolute atomic E-state index is 0.0211. The smallest absolute Gasteiger partial charge is 0.415 e. The molecular weight excluding hydrogens is 642 g/mol. The normalized spacial score (nSPS) is 22.0. The number of nitrogens with one attached hydrogen (secondary N) is 1. The van der Waals surface area contributed by atoms with Crippen LogP contribution in [0.5, 0.6) is 0 Å². The zero-order valence-corrected chi connectivity index (χ0v) is 30.5. The summed E-state index contributed by atoms with van der Waals surface area (Å²) in [7, 11) is -2.47. The van der Waals surface area contributed by atoms with Crippen LogP contribution in [0.25, 0.3) is 5.52 Å². The fourth-order valence-corrected chi connectivity index (χ4v) is 5.69. The number of nitrogens with zero attached hydrogens (tertiary/aromatic N) is 4. The molecule has 2 aromatic heterocycles. The van der Waals surface area contributed by atoms with E-state index in [1.807, 2.05) is 40.4 Å². The van der Waals surface area contributed by atoms with Gasteiger partial charge in [0.15, 0.2) is 20.2 Å². The number of nitriles is 1. The predicted molar refractivity (Wildman–Crippen MR) is 174 cm³/mol. The van der Waals surface area contributed by atoms with Crippen LogP contribution >= 0.6 is 0 Å². The van der Waals surface area contributed by atoms with Gasteiger partial charge in [-0.3, -0.25) is 19.7 Å². The van der Waals surface area contributed by atoms with Crippen molar-refractivity contribution in [1.29, 1.82) is 5.26 Å². The van der Waals surface area contributed by atoms with Crippen molar-refractivity contribution in [1.82, 2.24) is 14.6 Å². The molecule has 1 amide bonds. The standard InChI is InChI=1S/C32H47N5O10Si/c1-12-23(38)45-24-21(15-42-27(39)19(2)30(3,4)5)46-32(16-33,25(24)47-48(9,10)11)22-14-13-20-26(34-17-35-37(20)22)36-29(41)44-18-43-28(40)31(6,7)8/h13-14,17,19,21,24-25H,12,15,18H2,1-11H3,(H,34,35,36,41)/t19-,21-,24-,25?,32+/m1/s1. The Kier molecular flexibility index (Phi) is 11.7. The maximum absolute atomic E-state index is 13.0. The Balaban J connectivity index is 2.01. The molecule has 15 nitrogen and oxygen atoms in total. The van der Waals surface area contributed by atoms with Gasteiger partial charge in [0.1, 0.15) is 36.7 Å². The molecule has 1 N–H and O–H groups in total. The number of anilines is 1. The molecule has 1 aliphatic heterocycles. The van der Waals surface area contributed by atoms with Crippen molar-refractivity contribution in [3.05, 3.63) is 24.2 Å². The van der Waals surface area contributed by atoms with Gasteiger partial charge in [-0.25, -0.2) is 14.3 Å². The average molecular weight is 690 g/mol. The molecule has 0 bridgehead atoms. The van der Waals surface area contributed by atoms with Crippen LogP contribution < -0.4 is 5.32 Å². The van der Waals surface area contributed by atoms with Crippen LogP contribution in [0.2, 0.25) is 19.6 Å². The molecule has 1 saturated heterocycles. The summed E-state index contributed by atoms with van der Waals surface area (Å²) in [6, 6.07) is 5.36. The highest BCUT2D eigenvalue weighted by molar-refractivity contribution is 6.69. The number of carbonyl (C=O) groups is 4. The van der Waals surface area contributed by atoms with Gasteiger partial charge in [-0.05, 0) is 58.0 Å². The molecule has 264 valence electrons. The largest absolute Gasteiger partial charge is 0.463 e. The van der Waals surface area contributed by atoms with Crippen LogP contribution in [-0.2, 0) is 48.1 Å². The number of aromatic nitrogens is 3. The Morgan fingerprint density at radius 2 is 1.77 bits per heavy atom. The van der Waals surface area contributed by atoms with E-state index >= 15 is 0 Å². The summed E-state index contributed by atoms with van der Waals surface area (Å²) in [6.45, 7) is 18.9. The lowest BCUT2D eigenvalue weighted by molar-refractivity contribution is -0.163. The van der Waals surface area contributed by atoms with Crippen molar-refractivity contribution in [2.24, 2.45) is 16.7 Å². The van der Waals surface area contributed by atoms with E-state index in [-0.39, 0.29) is 35.5 Å². The topological polar surface area (TPSA) is 190 Å². The molecule has 0 spiro atoms. The van der Waals surface area contributed by atoms with Gasteiger partial charge in [0.05, 0.1) is 17.0 Å². The Morgan fingerprint density at radius 3 is 2.33 bits per heavy atom. The van der Waals surface area contributed by atoms with Gasteiger partial charge in [0, 0.05) is 6.42 Å². The molecule has 3 heterocycles. The highest BCUT2D eigenvalue weighted by Gasteiger charge is 2.62. The molecular formula is C32H47N5O10Si. The average Bonchev–Trinajstić information content (AvgIpc) is 3.54. The molecule has 0 aliphatic carbocycles. The van der Waals surface area contributed by atoms with Crippen LogP contribution in [0, 0.1) is 28.1 Å². The maximum Gasteiger partial charge on any atom is 0.415 e. The summed E-state index contributed by atoms with van der Waals surface area (Å²) in [6.07, 6.45) is -3.11. The minimum Gasteiger partial charge on any atom is -0.463 e. The quantitative estimate of drug-likeness (QED) is 0.148. The molecule has 0 aromatic carbocycles. The van der Waals surface area contributed by atoms with E-state index in [2.05, 4.69) is 21.5 Å². The Labute approximate surface area is 281 Å². The number of esters is 3. The summed E-state index contributed by atoms with van der Waals surface area (Å²) in [5.74, 6) is -2.02. The number of fused-ring (bicyclic) bond motifs is 1. The lowest BCUT2D eigenvalue weighted by Crippen LogP contribution is -2.49. The van der Waals surface area contributed by atoms with Crippen molar-refractivity contribution < 1.29 is 47.3 Å². The molecule has 48 heavy (non-hydrogen) atoms. The van der Waals surface area contributed by atoms with E-state index in [0.29, 0.717) is 0 Å². The third-order valence-corrected chi connectivity index (χ3v) is 8.65. The van der Waals surface area contributed by atoms with Crippen molar-refractivity contribution in [2.75, 3.05) is 18.7 Å². The van der Waals surface area contributed by atoms with E-state index < -0.39 is 74.4 Å². The number of ether oxygens (including phenoxy) is 5. The maximum atomic E-state index is 13.0. The molecule has 1 aliphatic rings. The lowest BCUT2D eigenvalue weighted by Gasteiger charge is -2.33. The van der Waals surface area contributed by atoms with Gasteiger partial charge in [-0.2, -0.15) is 10.4 Å². The molecule has 2 aromatic rings. The zero-order chi connectivity index (χ0) is 36.2. The molecule has 1 unspecified atom stereocenters. The molecule has 0 radical (unpaired) electrons. The van der Waals surface area contributed by atoms with Crippen molar-refractivity contribution in [2.45, 2.75) is 105 Å². The number of amides is 1. The van der Waals surface area contributed by atoms with Crippen LogP contribution in [0.4, 0.5) is 10.6 Å². The van der Waals surface area contributed by atoms with E-state index in [1.54, 1.807) is 46.8 Å². The lowest BCUT2D eigenvalue weighted by atomic mass is 9.82. The Hall–Kier alpha value is -4.07. The fraction of sp³-hybridized carbons (Fsp3) is 0.656. The van der Waals surface area contributed by atoms with Crippen LogP contribution in [0.1, 0.15) is 67.5 Å². The molecule has 3 rings (SSSR count). The summed E-state index contributed by atoms with van der Waals surface area (Å²) in [4.78, 5) is 54.4. The first kappa shape index (κ1) is 38.4. The second-order valence-electron chi connectivity index (χ2n) is 14.7. The summed E-state index contributed by atoms with van der Waals surface area (Å²) < 4.78 is 35.8. The van der Waals surface area contributed by atoms with E-state index in [9.17, 15) is 24.4 Å². The third kappa shape index (κ3) is 8.88. The monoisotopic (exact) mass is 689 g/mol. The highest BCUT2D eigenvalue weighted by Crippen LogP contribution is 2.45. The van der Waals surface area contributed by atoms with Crippen molar-refractivity contribution >= 4 is 43.7 Å². The highest BCUT2D eigenvalue weighted by atomic mass is 28.4. The first-order valence-electron chi connectivity index (χ1n) is 15.7. The van der Waals surface area contributed by atoms with Gasteiger partial charge < -0.3 is 28.1 Å². The summed E-state index contributed by atoms with van der Waals surface area (Å²) >= 11 is 0. The van der Waals surface area contributed by atoms with Gasteiger partial charge in [-0.15, -0.1) is 0 Å². The van der Waals surface area contributed by atoms with Crippen LogP contribution in [0.15, 0.2) is 18.5 Å². The predicted octanol–water partition coefficient (Wildman–Crippen LogP) is 4.71. The second kappa shape index (κ2) is 14.6. The fourth-order valence-electron chi connectivity index (χ4n) is 4.62. The zero-order valence-electron chi connectivity index (χ0n) is 29.5. The summed E-state index contributed by atoms with van der Waals surface area (Å²) in [5, 5.41) is 17.7. The Bertz CT molecular complexity index is 1550. The first-order valence-corrected chi connectivity index (χ1v) is 19.1. The third-order valence-electron chi connectivity index (χ3n) is 7.69. The van der Waals surface area contributed by atoms with Gasteiger partial charge in [-0.1, -0.05) is 34.6 Å². The van der Waals surface area contributed by atoms with E-state index in [0.717, 1.165) is 6.33 Å². The van der Waals surface area contributed by atoms with E-state index in [4.69, 9.17) is 28.1 Å². The minimum atomic E-state index is -2.47. The number of hydrogen-bond acceptors (Lipinski definition) is 13. The first-order chi connectivity index (χ1) is 22.1. The second-order valence-corrected chi connectivity index (χ2v) is 19.1. The van der Waals surface area contributed by atoms with Crippen molar-refractivity contribution in [3.8, 4) is 6.07 Å². The van der Waals surface area contributed by atoms with Crippen LogP contribution in [-0.4, -0.2) is 78.6 Å². The molecule has 5 atom stereocenters. The van der Waals surface area contributed by atoms with E-state index in [1.165, 1.54) is 4.52 Å². The molecule has 1 fully saturated rings. The SMILES string of the molecule is CCC(=O)O[C@H]1C(O[Si](C)(C)C)[C@](C#N)(c2ccc3c(NC(=O)OCOC(=O)C(C)(C)C)ncnn23)O[C@@H]1COC(=O)[C@@H](C)C(C)(C)C. The number of carbonyl (C=O) groups excluding carboxylic acids is 4. The number of rotatable bonds is 11. The van der Waals surface area contributed by atoms with Gasteiger partial charge >= 0.3 is 24.0 Å². The molecule has 0 saturated carbocycles. The van der Waals surface area contributed by atoms with Crippen molar-refractivity contribution in [3.63, 3.8) is 0 Å².